The Hall–Kier alpha value is -1.64. The molecule has 0 unspecified atom stereocenters. The summed E-state index contributed by atoms with van der Waals surface area (Å²) in [6, 6.07) is 5.42. The Bertz CT molecular complexity index is 812. The van der Waals surface area contributed by atoms with Crippen LogP contribution < -0.4 is 0 Å². The quantitative estimate of drug-likeness (QED) is 0.756. The lowest BCUT2D eigenvalue weighted by molar-refractivity contribution is -0.116. The van der Waals surface area contributed by atoms with E-state index in [2.05, 4.69) is 0 Å². The first-order valence-electron chi connectivity index (χ1n) is 9.01. The largest absolute Gasteiger partial charge is 0.448 e. The third kappa shape index (κ3) is 4.44. The fourth-order valence-corrected chi connectivity index (χ4v) is 5.61. The highest BCUT2D eigenvalue weighted by atomic mass is 35.5. The molecule has 27 heavy (non-hydrogen) atoms. The lowest BCUT2D eigenvalue weighted by Crippen LogP contribution is -2.51. The van der Waals surface area contributed by atoms with Crippen LogP contribution in [0.4, 0.5) is 4.79 Å². The van der Waals surface area contributed by atoms with E-state index in [1.807, 2.05) is 6.92 Å². The zero-order chi connectivity index (χ0) is 19.6. The summed E-state index contributed by atoms with van der Waals surface area (Å²) in [6.45, 7) is 2.25. The number of hydrogen-bond donors (Lipinski definition) is 0. The minimum absolute atomic E-state index is 0.00480. The van der Waals surface area contributed by atoms with E-state index in [1.165, 1.54) is 21.3 Å². The Morgan fingerprint density at radius 1 is 1.26 bits per heavy atom. The first kappa shape index (κ1) is 20.1. The summed E-state index contributed by atoms with van der Waals surface area (Å²) in [5.41, 5.74) is 0. The van der Waals surface area contributed by atoms with E-state index < -0.39 is 22.2 Å². The first-order valence-corrected chi connectivity index (χ1v) is 10.8. The Morgan fingerprint density at radius 2 is 1.96 bits per heavy atom. The van der Waals surface area contributed by atoms with Crippen molar-refractivity contribution in [3.63, 3.8) is 0 Å². The number of amides is 1. The van der Waals surface area contributed by atoms with Gasteiger partial charge in [-0.2, -0.15) is 4.31 Å². The molecule has 0 spiro atoms. The predicted octanol–water partition coefficient (Wildman–Crippen LogP) is 2.68. The minimum atomic E-state index is -3.74. The van der Waals surface area contributed by atoms with Crippen molar-refractivity contribution in [3.8, 4) is 0 Å². The molecular weight excluding hydrogens is 392 g/mol. The lowest BCUT2D eigenvalue weighted by atomic mass is 10.0. The van der Waals surface area contributed by atoms with Gasteiger partial charge in [0, 0.05) is 24.0 Å². The summed E-state index contributed by atoms with van der Waals surface area (Å²) >= 11 is 5.87. The van der Waals surface area contributed by atoms with E-state index in [9.17, 15) is 18.0 Å². The Balaban J connectivity index is 1.74. The molecule has 2 saturated heterocycles. The summed E-state index contributed by atoms with van der Waals surface area (Å²) in [7, 11) is -3.74. The van der Waals surface area contributed by atoms with Gasteiger partial charge >= 0.3 is 6.09 Å². The molecule has 0 aliphatic carbocycles. The Kier molecular flexibility index (Phi) is 6.08. The SMILES string of the molecule is C[C@@H]1CCC[C@H](COC(=O)N2CCC(=O)C2)N1S(=O)(=O)c1ccc(Cl)cc1. The maximum absolute atomic E-state index is 13.2. The maximum Gasteiger partial charge on any atom is 0.410 e. The van der Waals surface area contributed by atoms with Gasteiger partial charge in [-0.25, -0.2) is 13.2 Å². The standard InChI is InChI=1S/C18H23ClN2O5S/c1-13-3-2-4-15(12-26-18(23)20-10-9-16(22)11-20)21(13)27(24,25)17-7-5-14(19)6-8-17/h5-8,13,15H,2-4,9-12H2,1H3/t13-,15-/m1/s1. The molecule has 1 amide bonds. The van der Waals surface area contributed by atoms with Gasteiger partial charge < -0.3 is 9.64 Å². The number of rotatable bonds is 4. The molecule has 148 valence electrons. The van der Waals surface area contributed by atoms with Crippen molar-refractivity contribution in [2.24, 2.45) is 0 Å². The normalized spacial score (nSPS) is 24.2. The van der Waals surface area contributed by atoms with Crippen molar-refractivity contribution < 1.29 is 22.7 Å². The van der Waals surface area contributed by atoms with E-state index in [4.69, 9.17) is 16.3 Å². The van der Waals surface area contributed by atoms with Crippen LogP contribution in [0.25, 0.3) is 0 Å². The highest BCUT2D eigenvalue weighted by molar-refractivity contribution is 7.89. The predicted molar refractivity (Wildman–Crippen MR) is 100 cm³/mol. The highest BCUT2D eigenvalue weighted by Gasteiger charge is 2.39. The average molecular weight is 415 g/mol. The van der Waals surface area contributed by atoms with Crippen molar-refractivity contribution in [2.45, 2.75) is 49.6 Å². The molecule has 3 rings (SSSR count). The molecule has 2 aliphatic rings. The van der Waals surface area contributed by atoms with Crippen molar-refractivity contribution in [1.29, 1.82) is 0 Å². The zero-order valence-electron chi connectivity index (χ0n) is 15.1. The second-order valence-corrected chi connectivity index (χ2v) is 9.29. The topological polar surface area (TPSA) is 84.0 Å². The van der Waals surface area contributed by atoms with E-state index in [-0.39, 0.29) is 29.9 Å². The lowest BCUT2D eigenvalue weighted by Gasteiger charge is -2.39. The third-order valence-corrected chi connectivity index (χ3v) is 7.36. The third-order valence-electron chi connectivity index (χ3n) is 5.03. The number of carbonyl (C=O) groups excluding carboxylic acids is 2. The summed E-state index contributed by atoms with van der Waals surface area (Å²) in [6.07, 6.45) is 1.99. The number of ether oxygens (including phenoxy) is 1. The van der Waals surface area contributed by atoms with Gasteiger partial charge in [-0.3, -0.25) is 4.79 Å². The summed E-state index contributed by atoms with van der Waals surface area (Å²) in [4.78, 5) is 25.0. The van der Waals surface area contributed by atoms with Gasteiger partial charge in [0.1, 0.15) is 6.61 Å². The second kappa shape index (κ2) is 8.16. The number of Topliss-reactive ketones (excluding diaryl/α,β-unsaturated/α-hetero) is 1. The van der Waals surface area contributed by atoms with Crippen molar-refractivity contribution in [3.05, 3.63) is 29.3 Å². The molecule has 2 fully saturated rings. The van der Waals surface area contributed by atoms with Gasteiger partial charge in [-0.1, -0.05) is 18.0 Å². The highest BCUT2D eigenvalue weighted by Crippen LogP contribution is 2.30. The molecule has 1 aromatic rings. The number of ketones is 1. The molecule has 7 nitrogen and oxygen atoms in total. The van der Waals surface area contributed by atoms with Crippen molar-refractivity contribution >= 4 is 33.5 Å². The first-order chi connectivity index (χ1) is 12.8. The molecule has 2 aliphatic heterocycles. The van der Waals surface area contributed by atoms with Gasteiger partial charge in [0.25, 0.3) is 0 Å². The van der Waals surface area contributed by atoms with E-state index >= 15 is 0 Å². The van der Waals surface area contributed by atoms with Crippen LogP contribution in [0.15, 0.2) is 29.2 Å². The Labute approximate surface area is 164 Å². The van der Waals surface area contributed by atoms with Crippen molar-refractivity contribution in [2.75, 3.05) is 19.7 Å². The average Bonchev–Trinajstić information content (AvgIpc) is 3.06. The molecule has 0 aromatic heterocycles. The number of piperidine rings is 1. The Morgan fingerprint density at radius 3 is 2.59 bits per heavy atom. The molecule has 0 bridgehead atoms. The molecule has 0 radical (unpaired) electrons. The van der Waals surface area contributed by atoms with Crippen LogP contribution in [0.1, 0.15) is 32.6 Å². The summed E-state index contributed by atoms with van der Waals surface area (Å²) in [5, 5.41) is 0.464. The number of nitrogens with zero attached hydrogens (tertiary/aromatic N) is 2. The number of sulfonamides is 1. The number of benzene rings is 1. The van der Waals surface area contributed by atoms with Gasteiger partial charge in [-0.15, -0.1) is 0 Å². The van der Waals surface area contributed by atoms with Gasteiger partial charge in [0.2, 0.25) is 10.0 Å². The van der Waals surface area contributed by atoms with Crippen LogP contribution in [0.5, 0.6) is 0 Å². The van der Waals surface area contributed by atoms with Crippen LogP contribution in [0, 0.1) is 0 Å². The maximum atomic E-state index is 13.2. The molecular formula is C18H23ClN2O5S. The van der Waals surface area contributed by atoms with Gasteiger partial charge in [-0.05, 0) is 44.0 Å². The fourth-order valence-electron chi connectivity index (χ4n) is 3.63. The molecule has 0 saturated carbocycles. The molecule has 1 aromatic carbocycles. The minimum Gasteiger partial charge on any atom is -0.448 e. The number of carbonyl (C=O) groups is 2. The zero-order valence-corrected chi connectivity index (χ0v) is 16.7. The van der Waals surface area contributed by atoms with Crippen LogP contribution >= 0.6 is 11.6 Å². The summed E-state index contributed by atoms with van der Waals surface area (Å²) < 4.78 is 33.1. The second-order valence-electron chi connectivity index (χ2n) is 7.01. The monoisotopic (exact) mass is 414 g/mol. The number of likely N-dealkylation sites (tertiary alicyclic amines) is 1. The molecule has 0 N–H and O–H groups in total. The smallest absolute Gasteiger partial charge is 0.410 e. The van der Waals surface area contributed by atoms with Crippen LogP contribution in [0.3, 0.4) is 0 Å². The van der Waals surface area contributed by atoms with Crippen LogP contribution in [-0.4, -0.2) is 61.3 Å². The van der Waals surface area contributed by atoms with E-state index in [0.717, 1.165) is 12.8 Å². The number of halogens is 1. The van der Waals surface area contributed by atoms with Gasteiger partial charge in [0.15, 0.2) is 5.78 Å². The molecule has 2 heterocycles. The van der Waals surface area contributed by atoms with E-state index in [0.29, 0.717) is 24.4 Å². The van der Waals surface area contributed by atoms with E-state index in [1.54, 1.807) is 12.1 Å². The number of hydrogen-bond acceptors (Lipinski definition) is 5. The van der Waals surface area contributed by atoms with Crippen LogP contribution in [-0.2, 0) is 19.6 Å². The molecule has 9 heteroatoms. The van der Waals surface area contributed by atoms with Crippen molar-refractivity contribution in [1.82, 2.24) is 9.21 Å². The fraction of sp³-hybridized carbons (Fsp3) is 0.556. The van der Waals surface area contributed by atoms with Gasteiger partial charge in [0.05, 0.1) is 17.5 Å². The molecule has 2 atom stereocenters. The summed E-state index contributed by atoms with van der Waals surface area (Å²) in [5.74, 6) is 0.00480. The van der Waals surface area contributed by atoms with Crippen LogP contribution in [0.2, 0.25) is 5.02 Å².